The zero-order chi connectivity index (χ0) is 9.83. The summed E-state index contributed by atoms with van der Waals surface area (Å²) in [5.74, 6) is 0. The standard InChI is InChI=1S/C11H26N.H2O/c1-7-11(8-2,9-3)12(5,6)10-4;/h7-10H2,1-6H3;1H2/q+1;/p-1. The first kappa shape index (κ1) is 15.4. The summed E-state index contributed by atoms with van der Waals surface area (Å²) in [5.41, 5.74) is 0.509. The van der Waals surface area contributed by atoms with E-state index in [9.17, 15) is 0 Å². The number of hydrogen-bond acceptors (Lipinski definition) is 1. The molecule has 1 N–H and O–H groups in total. The fourth-order valence-corrected chi connectivity index (χ4v) is 2.37. The Kier molecular flexibility index (Phi) is 6.64. The van der Waals surface area contributed by atoms with E-state index in [1.807, 2.05) is 0 Å². The van der Waals surface area contributed by atoms with E-state index >= 15 is 0 Å². The van der Waals surface area contributed by atoms with Gasteiger partial charge in [-0.25, -0.2) is 0 Å². The maximum Gasteiger partial charge on any atom is 0.0980 e. The molecule has 82 valence electrons. The van der Waals surface area contributed by atoms with Crippen LogP contribution in [0.15, 0.2) is 0 Å². The highest BCUT2D eigenvalue weighted by molar-refractivity contribution is 4.75. The van der Waals surface area contributed by atoms with Crippen molar-refractivity contribution in [3.63, 3.8) is 0 Å². The van der Waals surface area contributed by atoms with Gasteiger partial charge in [-0.15, -0.1) is 0 Å². The third-order valence-electron chi connectivity index (χ3n) is 4.05. The smallest absolute Gasteiger partial charge is 0.0980 e. The van der Waals surface area contributed by atoms with Crippen LogP contribution in [0, 0.1) is 0 Å². The minimum Gasteiger partial charge on any atom is -0.870 e. The van der Waals surface area contributed by atoms with Gasteiger partial charge in [-0.2, -0.15) is 0 Å². The van der Waals surface area contributed by atoms with Crippen LogP contribution in [0.1, 0.15) is 47.0 Å². The molecule has 0 aliphatic rings. The normalized spacial score (nSPS) is 12.5. The molecule has 0 rings (SSSR count). The van der Waals surface area contributed by atoms with Gasteiger partial charge in [0.1, 0.15) is 0 Å². The lowest BCUT2D eigenvalue weighted by molar-refractivity contribution is -0.941. The van der Waals surface area contributed by atoms with Gasteiger partial charge >= 0.3 is 0 Å². The Balaban J connectivity index is 0. The maximum absolute atomic E-state index is 2.36. The summed E-state index contributed by atoms with van der Waals surface area (Å²) < 4.78 is 1.16. The van der Waals surface area contributed by atoms with Gasteiger partial charge in [0.15, 0.2) is 0 Å². The van der Waals surface area contributed by atoms with Crippen molar-refractivity contribution in [3.05, 3.63) is 0 Å². The van der Waals surface area contributed by atoms with Crippen LogP contribution in [0.2, 0.25) is 0 Å². The average molecular weight is 189 g/mol. The second-order valence-electron chi connectivity index (χ2n) is 4.29. The van der Waals surface area contributed by atoms with Gasteiger partial charge in [-0.3, -0.25) is 0 Å². The molecule has 13 heavy (non-hydrogen) atoms. The zero-order valence-electron chi connectivity index (χ0n) is 10.2. The van der Waals surface area contributed by atoms with E-state index in [1.54, 1.807) is 0 Å². The van der Waals surface area contributed by atoms with Crippen LogP contribution in [-0.4, -0.2) is 36.1 Å². The minimum absolute atomic E-state index is 0. The third-order valence-corrected chi connectivity index (χ3v) is 4.05. The first-order valence-electron chi connectivity index (χ1n) is 5.32. The molecule has 0 aromatic carbocycles. The van der Waals surface area contributed by atoms with E-state index in [-0.39, 0.29) is 5.48 Å². The molecule has 0 aliphatic carbocycles. The van der Waals surface area contributed by atoms with Crippen LogP contribution >= 0.6 is 0 Å². The van der Waals surface area contributed by atoms with Gasteiger partial charge in [-0.1, -0.05) is 20.8 Å². The van der Waals surface area contributed by atoms with Gasteiger partial charge < -0.3 is 9.96 Å². The highest BCUT2D eigenvalue weighted by Gasteiger charge is 2.39. The summed E-state index contributed by atoms with van der Waals surface area (Å²) in [6.45, 7) is 10.5. The van der Waals surface area contributed by atoms with E-state index < -0.39 is 0 Å². The van der Waals surface area contributed by atoms with Crippen molar-refractivity contribution >= 4 is 0 Å². The van der Waals surface area contributed by atoms with E-state index in [2.05, 4.69) is 41.8 Å². The Morgan fingerprint density at radius 3 is 1.23 bits per heavy atom. The monoisotopic (exact) mass is 189 g/mol. The lowest BCUT2D eigenvalue weighted by atomic mass is 9.86. The highest BCUT2D eigenvalue weighted by atomic mass is 16.0. The lowest BCUT2D eigenvalue weighted by Gasteiger charge is -2.47. The van der Waals surface area contributed by atoms with Gasteiger partial charge in [0.05, 0.1) is 26.2 Å². The molecular weight excluding hydrogens is 162 g/mol. The first-order chi connectivity index (χ1) is 5.49. The molecule has 0 aromatic heterocycles. The van der Waals surface area contributed by atoms with E-state index in [1.165, 1.54) is 25.8 Å². The number of hydrogen-bond donors (Lipinski definition) is 0. The van der Waals surface area contributed by atoms with Crippen molar-refractivity contribution in [2.75, 3.05) is 20.6 Å². The second-order valence-corrected chi connectivity index (χ2v) is 4.29. The summed E-state index contributed by atoms with van der Waals surface area (Å²) in [4.78, 5) is 0. The van der Waals surface area contributed by atoms with Gasteiger partial charge in [0, 0.05) is 0 Å². The Bertz CT molecular complexity index is 120. The van der Waals surface area contributed by atoms with Crippen LogP contribution in [0.3, 0.4) is 0 Å². The van der Waals surface area contributed by atoms with Crippen LogP contribution in [0.5, 0.6) is 0 Å². The molecule has 0 heterocycles. The molecule has 0 bridgehead atoms. The third kappa shape index (κ3) is 2.68. The lowest BCUT2D eigenvalue weighted by Crippen LogP contribution is -2.58. The quantitative estimate of drug-likeness (QED) is 0.612. The number of quaternary nitrogens is 1. The van der Waals surface area contributed by atoms with Crippen molar-refractivity contribution in [1.82, 2.24) is 0 Å². The molecule has 0 aromatic rings. The van der Waals surface area contributed by atoms with Crippen molar-refractivity contribution in [3.8, 4) is 0 Å². The fourth-order valence-electron chi connectivity index (χ4n) is 2.37. The van der Waals surface area contributed by atoms with Crippen LogP contribution in [0.25, 0.3) is 0 Å². The molecule has 0 radical (unpaired) electrons. The largest absolute Gasteiger partial charge is 0.870 e. The average Bonchev–Trinajstić information content (AvgIpc) is 2.08. The van der Waals surface area contributed by atoms with E-state index in [0.29, 0.717) is 5.54 Å². The summed E-state index contributed by atoms with van der Waals surface area (Å²) in [6, 6.07) is 0. The fraction of sp³-hybridized carbons (Fsp3) is 1.00. The van der Waals surface area contributed by atoms with Crippen LogP contribution in [-0.2, 0) is 0 Å². The minimum atomic E-state index is 0. The predicted octanol–water partition coefficient (Wildman–Crippen LogP) is 2.87. The Labute approximate surface area is 83.8 Å². The molecule has 0 saturated heterocycles. The van der Waals surface area contributed by atoms with E-state index in [0.717, 1.165) is 4.48 Å². The van der Waals surface area contributed by atoms with Crippen molar-refractivity contribution < 1.29 is 9.96 Å². The van der Waals surface area contributed by atoms with Crippen LogP contribution < -0.4 is 0 Å². The number of nitrogens with zero attached hydrogens (tertiary/aromatic N) is 1. The molecule has 0 fully saturated rings. The maximum atomic E-state index is 2.36. The molecule has 0 spiro atoms. The summed E-state index contributed by atoms with van der Waals surface area (Å²) in [6.07, 6.45) is 3.88. The molecule has 0 atom stereocenters. The Morgan fingerprint density at radius 2 is 1.15 bits per heavy atom. The summed E-state index contributed by atoms with van der Waals surface area (Å²) in [7, 11) is 4.72. The summed E-state index contributed by atoms with van der Waals surface area (Å²) in [5, 5.41) is 0. The molecule has 0 saturated carbocycles. The molecular formula is C11H27NO. The van der Waals surface area contributed by atoms with Gasteiger partial charge in [0.25, 0.3) is 0 Å². The zero-order valence-corrected chi connectivity index (χ0v) is 10.2. The topological polar surface area (TPSA) is 30.0 Å². The second kappa shape index (κ2) is 5.61. The predicted molar refractivity (Wildman–Crippen MR) is 58.2 cm³/mol. The Morgan fingerprint density at radius 1 is 0.846 bits per heavy atom. The Hall–Kier alpha value is -0.0800. The van der Waals surface area contributed by atoms with Gasteiger partial charge in [-0.05, 0) is 26.2 Å². The van der Waals surface area contributed by atoms with Gasteiger partial charge in [0.2, 0.25) is 0 Å². The highest BCUT2D eigenvalue weighted by Crippen LogP contribution is 2.31. The van der Waals surface area contributed by atoms with Crippen LogP contribution in [0.4, 0.5) is 0 Å². The molecule has 2 heteroatoms. The SMILES string of the molecule is CCC(CC)(CC)[N+](C)(C)CC.[OH-]. The van der Waals surface area contributed by atoms with E-state index in [4.69, 9.17) is 0 Å². The molecule has 0 amide bonds. The van der Waals surface area contributed by atoms with Crippen molar-refractivity contribution in [2.45, 2.75) is 52.5 Å². The number of rotatable bonds is 5. The first-order valence-corrected chi connectivity index (χ1v) is 5.32. The molecule has 0 aliphatic heterocycles. The van der Waals surface area contributed by atoms with Crippen molar-refractivity contribution in [2.24, 2.45) is 0 Å². The van der Waals surface area contributed by atoms with Crippen molar-refractivity contribution in [1.29, 1.82) is 0 Å². The molecule has 2 nitrogen and oxygen atoms in total. The summed E-state index contributed by atoms with van der Waals surface area (Å²) >= 11 is 0. The molecule has 0 unspecified atom stereocenters.